The van der Waals surface area contributed by atoms with Gasteiger partial charge in [0.2, 0.25) is 0 Å². The van der Waals surface area contributed by atoms with Crippen molar-refractivity contribution in [1.29, 1.82) is 0 Å². The van der Waals surface area contributed by atoms with E-state index in [1.807, 2.05) is 24.3 Å². The van der Waals surface area contributed by atoms with Gasteiger partial charge >= 0.3 is 0 Å². The lowest BCUT2D eigenvalue weighted by Gasteiger charge is -2.08. The number of hydrogen-bond acceptors (Lipinski definition) is 3. The summed E-state index contributed by atoms with van der Waals surface area (Å²) in [6.45, 7) is 0.408. The van der Waals surface area contributed by atoms with Gasteiger partial charge < -0.3 is 10.6 Å². The molecule has 6 heteroatoms. The van der Waals surface area contributed by atoms with Crippen molar-refractivity contribution in [1.82, 2.24) is 10.3 Å². The summed E-state index contributed by atoms with van der Waals surface area (Å²) in [4.78, 5) is 28.1. The Balaban J connectivity index is 1.55. The molecule has 0 bridgehead atoms. The molecule has 0 radical (unpaired) electrons. The maximum absolute atomic E-state index is 12.1. The zero-order chi connectivity index (χ0) is 18.4. The fourth-order valence-electron chi connectivity index (χ4n) is 2.29. The Bertz CT molecular complexity index is 895. The van der Waals surface area contributed by atoms with Crippen LogP contribution >= 0.6 is 15.9 Å². The first-order valence-electron chi connectivity index (χ1n) is 7.96. The summed E-state index contributed by atoms with van der Waals surface area (Å²) in [5, 5.41) is 5.68. The molecule has 0 unspecified atom stereocenters. The zero-order valence-electron chi connectivity index (χ0n) is 13.8. The number of nitrogens with one attached hydrogen (secondary N) is 2. The Labute approximate surface area is 159 Å². The molecular weight excluding hydrogens is 394 g/mol. The fourth-order valence-corrected chi connectivity index (χ4v) is 2.56. The summed E-state index contributed by atoms with van der Waals surface area (Å²) >= 11 is 3.34. The van der Waals surface area contributed by atoms with Crippen LogP contribution in [0.3, 0.4) is 0 Å². The SMILES string of the molecule is O=C(NCc1ccc(NC(=O)c2cccnc2)cc1)c1ccc(Br)cc1. The van der Waals surface area contributed by atoms with E-state index in [4.69, 9.17) is 0 Å². The van der Waals surface area contributed by atoms with Crippen LogP contribution in [0.1, 0.15) is 26.3 Å². The third-order valence-electron chi connectivity index (χ3n) is 3.70. The summed E-state index contributed by atoms with van der Waals surface area (Å²) < 4.78 is 0.929. The number of aromatic nitrogens is 1. The van der Waals surface area contributed by atoms with E-state index in [2.05, 4.69) is 31.5 Å². The maximum Gasteiger partial charge on any atom is 0.257 e. The van der Waals surface area contributed by atoms with Gasteiger partial charge in [-0.15, -0.1) is 0 Å². The van der Waals surface area contributed by atoms with E-state index < -0.39 is 0 Å². The van der Waals surface area contributed by atoms with Gasteiger partial charge in [-0.3, -0.25) is 14.6 Å². The molecule has 0 aliphatic rings. The van der Waals surface area contributed by atoms with Gasteiger partial charge in [0, 0.05) is 34.7 Å². The zero-order valence-corrected chi connectivity index (χ0v) is 15.4. The third kappa shape index (κ3) is 4.77. The van der Waals surface area contributed by atoms with E-state index in [1.54, 1.807) is 42.6 Å². The van der Waals surface area contributed by atoms with Gasteiger partial charge in [0.25, 0.3) is 11.8 Å². The van der Waals surface area contributed by atoms with Gasteiger partial charge in [-0.1, -0.05) is 28.1 Å². The molecule has 1 aromatic heterocycles. The van der Waals surface area contributed by atoms with Crippen LogP contribution in [0.25, 0.3) is 0 Å². The molecule has 2 amide bonds. The lowest BCUT2D eigenvalue weighted by atomic mass is 10.1. The molecular formula is C20H16BrN3O2. The van der Waals surface area contributed by atoms with E-state index in [-0.39, 0.29) is 11.8 Å². The second kappa shape index (κ2) is 8.40. The molecule has 26 heavy (non-hydrogen) atoms. The normalized spacial score (nSPS) is 10.2. The molecule has 130 valence electrons. The quantitative estimate of drug-likeness (QED) is 0.668. The number of halogens is 1. The number of rotatable bonds is 5. The molecule has 0 atom stereocenters. The molecule has 2 aromatic carbocycles. The Morgan fingerprint density at radius 3 is 2.27 bits per heavy atom. The molecule has 0 aliphatic carbocycles. The summed E-state index contributed by atoms with van der Waals surface area (Å²) in [5.41, 5.74) is 2.73. The molecule has 3 aromatic rings. The first kappa shape index (κ1) is 17.8. The molecule has 0 aliphatic heterocycles. The Morgan fingerprint density at radius 1 is 0.885 bits per heavy atom. The van der Waals surface area contributed by atoms with Gasteiger partial charge in [-0.05, 0) is 54.1 Å². The van der Waals surface area contributed by atoms with Crippen LogP contribution in [0.2, 0.25) is 0 Å². The van der Waals surface area contributed by atoms with E-state index in [9.17, 15) is 9.59 Å². The second-order valence-electron chi connectivity index (χ2n) is 5.58. The molecule has 0 saturated carbocycles. The monoisotopic (exact) mass is 409 g/mol. The van der Waals surface area contributed by atoms with Crippen molar-refractivity contribution in [2.75, 3.05) is 5.32 Å². The van der Waals surface area contributed by atoms with Crippen LogP contribution < -0.4 is 10.6 Å². The van der Waals surface area contributed by atoms with Crippen molar-refractivity contribution in [2.45, 2.75) is 6.54 Å². The molecule has 2 N–H and O–H groups in total. The molecule has 0 saturated heterocycles. The number of benzene rings is 2. The number of pyridine rings is 1. The van der Waals surface area contributed by atoms with Crippen molar-refractivity contribution in [3.63, 3.8) is 0 Å². The van der Waals surface area contributed by atoms with Crippen molar-refractivity contribution < 1.29 is 9.59 Å². The first-order valence-corrected chi connectivity index (χ1v) is 8.75. The molecule has 1 heterocycles. The first-order chi connectivity index (χ1) is 12.6. The maximum atomic E-state index is 12.1. The Hall–Kier alpha value is -2.99. The molecule has 5 nitrogen and oxygen atoms in total. The summed E-state index contributed by atoms with van der Waals surface area (Å²) in [6, 6.07) is 17.9. The highest BCUT2D eigenvalue weighted by Gasteiger charge is 2.07. The number of carbonyl (C=O) groups is 2. The van der Waals surface area contributed by atoms with E-state index >= 15 is 0 Å². The Kier molecular flexibility index (Phi) is 5.76. The minimum absolute atomic E-state index is 0.133. The lowest BCUT2D eigenvalue weighted by Crippen LogP contribution is -2.22. The Morgan fingerprint density at radius 2 is 1.62 bits per heavy atom. The van der Waals surface area contributed by atoms with E-state index in [0.29, 0.717) is 23.4 Å². The number of hydrogen-bond donors (Lipinski definition) is 2. The predicted octanol–water partition coefficient (Wildman–Crippen LogP) is 4.03. The average Bonchev–Trinajstić information content (AvgIpc) is 2.68. The van der Waals surface area contributed by atoms with Gasteiger partial charge in [0.15, 0.2) is 0 Å². The summed E-state index contributed by atoms with van der Waals surface area (Å²) in [6.07, 6.45) is 3.13. The van der Waals surface area contributed by atoms with Gasteiger partial charge in [-0.25, -0.2) is 0 Å². The third-order valence-corrected chi connectivity index (χ3v) is 4.22. The molecule has 0 fully saturated rings. The smallest absolute Gasteiger partial charge is 0.257 e. The molecule has 3 rings (SSSR count). The highest BCUT2D eigenvalue weighted by Crippen LogP contribution is 2.13. The van der Waals surface area contributed by atoms with Gasteiger partial charge in [0.1, 0.15) is 0 Å². The average molecular weight is 410 g/mol. The highest BCUT2D eigenvalue weighted by molar-refractivity contribution is 9.10. The van der Waals surface area contributed by atoms with Crippen molar-refractivity contribution in [3.05, 3.63) is 94.2 Å². The van der Waals surface area contributed by atoms with Crippen LogP contribution in [0.4, 0.5) is 5.69 Å². The summed E-state index contributed by atoms with van der Waals surface area (Å²) in [5.74, 6) is -0.346. The van der Waals surface area contributed by atoms with Crippen molar-refractivity contribution in [2.24, 2.45) is 0 Å². The summed E-state index contributed by atoms with van der Waals surface area (Å²) in [7, 11) is 0. The topological polar surface area (TPSA) is 71.1 Å². The number of anilines is 1. The van der Waals surface area contributed by atoms with Crippen LogP contribution in [-0.2, 0) is 6.54 Å². The highest BCUT2D eigenvalue weighted by atomic mass is 79.9. The van der Waals surface area contributed by atoms with Gasteiger partial charge in [-0.2, -0.15) is 0 Å². The number of carbonyl (C=O) groups excluding carboxylic acids is 2. The van der Waals surface area contributed by atoms with Crippen LogP contribution in [0.5, 0.6) is 0 Å². The predicted molar refractivity (Wildman–Crippen MR) is 104 cm³/mol. The van der Waals surface area contributed by atoms with Crippen molar-refractivity contribution in [3.8, 4) is 0 Å². The van der Waals surface area contributed by atoms with Crippen LogP contribution in [0, 0.1) is 0 Å². The van der Waals surface area contributed by atoms with Crippen LogP contribution in [-0.4, -0.2) is 16.8 Å². The minimum atomic E-state index is -0.214. The fraction of sp³-hybridized carbons (Fsp3) is 0.0500. The number of nitrogens with zero attached hydrogens (tertiary/aromatic N) is 1. The van der Waals surface area contributed by atoms with Crippen molar-refractivity contribution >= 4 is 33.4 Å². The largest absolute Gasteiger partial charge is 0.348 e. The van der Waals surface area contributed by atoms with Gasteiger partial charge in [0.05, 0.1) is 5.56 Å². The van der Waals surface area contributed by atoms with E-state index in [0.717, 1.165) is 10.0 Å². The second-order valence-corrected chi connectivity index (χ2v) is 6.50. The van der Waals surface area contributed by atoms with Crippen LogP contribution in [0.15, 0.2) is 77.5 Å². The number of amides is 2. The standard InChI is InChI=1S/C20H16BrN3O2/c21-17-7-5-15(6-8-17)19(25)23-12-14-3-9-18(10-4-14)24-20(26)16-2-1-11-22-13-16/h1-11,13H,12H2,(H,23,25)(H,24,26). The lowest BCUT2D eigenvalue weighted by molar-refractivity contribution is 0.0950. The minimum Gasteiger partial charge on any atom is -0.348 e. The molecule has 0 spiro atoms. The van der Waals surface area contributed by atoms with E-state index in [1.165, 1.54) is 6.20 Å².